The van der Waals surface area contributed by atoms with Gasteiger partial charge in [-0.05, 0) is 12.1 Å². The number of amides is 1. The fourth-order valence-corrected chi connectivity index (χ4v) is 4.22. The number of alkyl halides is 2. The summed E-state index contributed by atoms with van der Waals surface area (Å²) in [6, 6.07) is 4.98. The molecule has 0 unspecified atom stereocenters. The van der Waals surface area contributed by atoms with Crippen LogP contribution in [0.2, 0.25) is 0 Å². The molecule has 1 aromatic carbocycles. The molecular formula is C22H26F2N8O3. The van der Waals surface area contributed by atoms with Crippen LogP contribution in [0.5, 0.6) is 5.75 Å². The van der Waals surface area contributed by atoms with Crippen LogP contribution < -0.4 is 15.0 Å². The van der Waals surface area contributed by atoms with Gasteiger partial charge < -0.3 is 24.6 Å². The zero-order valence-electron chi connectivity index (χ0n) is 19.4. The molecule has 35 heavy (non-hydrogen) atoms. The lowest BCUT2D eigenvalue weighted by molar-refractivity contribution is -0.134. The number of carbonyl (C=O) groups excluding carboxylic acids is 1. The van der Waals surface area contributed by atoms with Crippen molar-refractivity contribution >= 4 is 28.8 Å². The average Bonchev–Trinajstić information content (AvgIpc) is 3.26. The van der Waals surface area contributed by atoms with Crippen molar-refractivity contribution in [1.29, 1.82) is 0 Å². The van der Waals surface area contributed by atoms with Gasteiger partial charge in [0, 0.05) is 32.6 Å². The van der Waals surface area contributed by atoms with E-state index in [0.717, 1.165) is 0 Å². The van der Waals surface area contributed by atoms with E-state index < -0.39 is 12.2 Å². The van der Waals surface area contributed by atoms with E-state index in [1.165, 1.54) is 11.7 Å². The fraction of sp³-hybridized carbons (Fsp3) is 0.500. The second kappa shape index (κ2) is 9.56. The third-order valence-electron chi connectivity index (χ3n) is 6.06. The molecule has 0 spiro atoms. The minimum absolute atomic E-state index is 0.0239. The molecule has 2 saturated heterocycles. The van der Waals surface area contributed by atoms with Gasteiger partial charge in [0.05, 0.1) is 31.9 Å². The third kappa shape index (κ3) is 4.43. The first-order chi connectivity index (χ1) is 17.0. The Labute approximate surface area is 200 Å². The van der Waals surface area contributed by atoms with Crippen LogP contribution in [0.25, 0.3) is 17.0 Å². The summed E-state index contributed by atoms with van der Waals surface area (Å²) in [6.07, 6.45) is -2.43. The second-order valence-corrected chi connectivity index (χ2v) is 8.29. The van der Waals surface area contributed by atoms with Crippen molar-refractivity contribution in [2.75, 3.05) is 56.7 Å². The van der Waals surface area contributed by atoms with Crippen LogP contribution in [0.4, 0.5) is 20.7 Å². The number of aromatic nitrogens is 5. The standard InChI is InChI=1S/C22H26F2N8O3/c1-3-16(33)31-11-13(12-31)25-20-27-21(30-7-9-35-10-8-30)29-22(28-20)32-14-5-4-6-15(34-2)17(14)26-19(32)18(23)24/h4-6,13,18H,3,7-12H2,1-2H3,(H,25,27,28,29). The summed E-state index contributed by atoms with van der Waals surface area (Å²) in [4.78, 5) is 33.3. The van der Waals surface area contributed by atoms with E-state index in [2.05, 4.69) is 25.3 Å². The number of hydrogen-bond acceptors (Lipinski definition) is 9. The van der Waals surface area contributed by atoms with Gasteiger partial charge >= 0.3 is 0 Å². The zero-order chi connectivity index (χ0) is 24.5. The number of hydrogen-bond donors (Lipinski definition) is 1. The molecule has 2 aliphatic heterocycles. The van der Waals surface area contributed by atoms with Crippen molar-refractivity contribution in [3.63, 3.8) is 0 Å². The van der Waals surface area contributed by atoms with Gasteiger partial charge in [-0.2, -0.15) is 15.0 Å². The van der Waals surface area contributed by atoms with Crippen molar-refractivity contribution in [2.24, 2.45) is 0 Å². The van der Waals surface area contributed by atoms with E-state index in [4.69, 9.17) is 9.47 Å². The quantitative estimate of drug-likeness (QED) is 0.534. The first-order valence-corrected chi connectivity index (χ1v) is 11.5. The minimum Gasteiger partial charge on any atom is -0.494 e. The number of carbonyl (C=O) groups is 1. The van der Waals surface area contributed by atoms with Gasteiger partial charge in [0.25, 0.3) is 6.43 Å². The van der Waals surface area contributed by atoms with Crippen molar-refractivity contribution < 1.29 is 23.0 Å². The highest BCUT2D eigenvalue weighted by Gasteiger charge is 2.31. The summed E-state index contributed by atoms with van der Waals surface area (Å²) in [7, 11) is 1.46. The molecule has 3 aromatic rings. The molecular weight excluding hydrogens is 462 g/mol. The molecule has 0 saturated carbocycles. The van der Waals surface area contributed by atoms with Gasteiger partial charge in [0.2, 0.25) is 23.8 Å². The van der Waals surface area contributed by atoms with E-state index in [-0.39, 0.29) is 23.8 Å². The number of nitrogens with one attached hydrogen (secondary N) is 1. The van der Waals surface area contributed by atoms with E-state index in [1.54, 1.807) is 23.1 Å². The van der Waals surface area contributed by atoms with Crippen LogP contribution in [0.1, 0.15) is 25.6 Å². The van der Waals surface area contributed by atoms with E-state index >= 15 is 0 Å². The van der Waals surface area contributed by atoms with Crippen LogP contribution in [-0.4, -0.2) is 87.9 Å². The number of methoxy groups -OCH3 is 1. The molecule has 1 N–H and O–H groups in total. The number of halogens is 2. The number of anilines is 2. The molecule has 5 rings (SSSR count). The molecule has 13 heteroatoms. The van der Waals surface area contributed by atoms with Crippen molar-refractivity contribution in [2.45, 2.75) is 25.8 Å². The summed E-state index contributed by atoms with van der Waals surface area (Å²) in [5, 5.41) is 3.23. The highest BCUT2D eigenvalue weighted by Crippen LogP contribution is 2.32. The normalized spacial score (nSPS) is 16.6. The molecule has 11 nitrogen and oxygen atoms in total. The topological polar surface area (TPSA) is 111 Å². The lowest BCUT2D eigenvalue weighted by atomic mass is 10.1. The average molecular weight is 488 g/mol. The summed E-state index contributed by atoms with van der Waals surface area (Å²) >= 11 is 0. The number of imidazole rings is 1. The summed E-state index contributed by atoms with van der Waals surface area (Å²) in [5.41, 5.74) is 0.689. The Morgan fingerprint density at radius 3 is 2.60 bits per heavy atom. The number of rotatable bonds is 7. The van der Waals surface area contributed by atoms with Crippen molar-refractivity contribution in [3.05, 3.63) is 24.0 Å². The molecule has 186 valence electrons. The van der Waals surface area contributed by atoms with Gasteiger partial charge in [0.15, 0.2) is 5.82 Å². The van der Waals surface area contributed by atoms with Gasteiger partial charge in [-0.3, -0.25) is 9.36 Å². The Hall–Kier alpha value is -3.61. The third-order valence-corrected chi connectivity index (χ3v) is 6.06. The molecule has 1 amide bonds. The van der Waals surface area contributed by atoms with Crippen LogP contribution in [0.15, 0.2) is 18.2 Å². The van der Waals surface area contributed by atoms with Crippen LogP contribution >= 0.6 is 0 Å². The number of fused-ring (bicyclic) bond motifs is 1. The predicted molar refractivity (Wildman–Crippen MR) is 123 cm³/mol. The smallest absolute Gasteiger partial charge is 0.296 e. The van der Waals surface area contributed by atoms with Crippen LogP contribution in [0.3, 0.4) is 0 Å². The fourth-order valence-electron chi connectivity index (χ4n) is 4.22. The van der Waals surface area contributed by atoms with Gasteiger partial charge in [-0.15, -0.1) is 0 Å². The molecule has 0 atom stereocenters. The monoisotopic (exact) mass is 488 g/mol. The van der Waals surface area contributed by atoms with E-state index in [0.29, 0.717) is 68.5 Å². The predicted octanol–water partition coefficient (Wildman–Crippen LogP) is 2.03. The van der Waals surface area contributed by atoms with Crippen LogP contribution in [-0.2, 0) is 9.53 Å². The molecule has 2 fully saturated rings. The summed E-state index contributed by atoms with van der Waals surface area (Å²) in [6.45, 7) is 5.00. The Morgan fingerprint density at radius 1 is 1.17 bits per heavy atom. The minimum atomic E-state index is -2.87. The molecule has 2 aromatic heterocycles. The molecule has 2 aliphatic rings. The summed E-state index contributed by atoms with van der Waals surface area (Å²) in [5.74, 6) is 0.586. The van der Waals surface area contributed by atoms with E-state index in [9.17, 15) is 13.6 Å². The number of ether oxygens (including phenoxy) is 2. The SMILES string of the molecule is CCC(=O)N1CC(Nc2nc(N3CCOCC3)nc(-n3c(C(F)F)nc4c(OC)cccc43)n2)C1. The second-order valence-electron chi connectivity index (χ2n) is 8.29. The van der Waals surface area contributed by atoms with Crippen molar-refractivity contribution in [3.8, 4) is 11.7 Å². The molecule has 4 heterocycles. The Morgan fingerprint density at radius 2 is 1.91 bits per heavy atom. The first kappa shape index (κ1) is 23.1. The maximum atomic E-state index is 14.1. The molecule has 0 bridgehead atoms. The maximum Gasteiger partial charge on any atom is 0.296 e. The number of likely N-dealkylation sites (tertiary alicyclic amines) is 1. The van der Waals surface area contributed by atoms with Crippen molar-refractivity contribution in [1.82, 2.24) is 29.4 Å². The Kier molecular flexibility index (Phi) is 6.32. The van der Waals surface area contributed by atoms with Crippen LogP contribution in [0, 0.1) is 0 Å². The number of para-hydroxylation sites is 1. The Bertz CT molecular complexity index is 1220. The van der Waals surface area contributed by atoms with E-state index in [1.807, 2.05) is 11.8 Å². The van der Waals surface area contributed by atoms with Gasteiger partial charge in [0.1, 0.15) is 11.3 Å². The largest absolute Gasteiger partial charge is 0.494 e. The zero-order valence-corrected chi connectivity index (χ0v) is 19.4. The van der Waals surface area contributed by atoms with Gasteiger partial charge in [-0.1, -0.05) is 13.0 Å². The summed E-state index contributed by atoms with van der Waals surface area (Å²) < 4.78 is 40.2. The Balaban J connectivity index is 1.57. The first-order valence-electron chi connectivity index (χ1n) is 11.5. The lowest BCUT2D eigenvalue weighted by Crippen LogP contribution is -2.57. The number of morpholine rings is 1. The number of nitrogens with zero attached hydrogens (tertiary/aromatic N) is 7. The van der Waals surface area contributed by atoms with Gasteiger partial charge in [-0.25, -0.2) is 13.8 Å². The maximum absolute atomic E-state index is 14.1. The highest BCUT2D eigenvalue weighted by atomic mass is 19.3. The number of benzene rings is 1. The highest BCUT2D eigenvalue weighted by molar-refractivity contribution is 5.84. The lowest BCUT2D eigenvalue weighted by Gasteiger charge is -2.39. The molecule has 0 radical (unpaired) electrons. The molecule has 0 aliphatic carbocycles.